The molecule has 1 rings (SSSR count). The zero-order valence-corrected chi connectivity index (χ0v) is 10.5. The minimum Gasteiger partial charge on any atom is -0.444 e. The maximum atomic E-state index is 11.9. The SMILES string of the molecule is C#CC1CCCCCN1C(=O)OC(C)(C)C. The predicted molar refractivity (Wildman–Crippen MR) is 64.0 cm³/mol. The van der Waals surface area contributed by atoms with Crippen LogP contribution in [-0.4, -0.2) is 29.2 Å². The molecule has 1 fully saturated rings. The summed E-state index contributed by atoms with van der Waals surface area (Å²) in [5, 5.41) is 0. The number of likely N-dealkylation sites (tertiary alicyclic amines) is 1. The number of carbonyl (C=O) groups excluding carboxylic acids is 1. The van der Waals surface area contributed by atoms with Crippen LogP contribution in [0.2, 0.25) is 0 Å². The van der Waals surface area contributed by atoms with Gasteiger partial charge in [0, 0.05) is 6.54 Å². The van der Waals surface area contributed by atoms with E-state index >= 15 is 0 Å². The molecule has 0 aromatic carbocycles. The van der Waals surface area contributed by atoms with Crippen LogP contribution in [0.25, 0.3) is 0 Å². The topological polar surface area (TPSA) is 29.5 Å². The van der Waals surface area contributed by atoms with Crippen molar-refractivity contribution in [3.63, 3.8) is 0 Å². The smallest absolute Gasteiger partial charge is 0.411 e. The van der Waals surface area contributed by atoms with Crippen LogP contribution < -0.4 is 0 Å². The van der Waals surface area contributed by atoms with E-state index in [1.54, 1.807) is 4.90 Å². The number of hydrogen-bond donors (Lipinski definition) is 0. The molecule has 0 aromatic rings. The van der Waals surface area contributed by atoms with Crippen molar-refractivity contribution in [3.8, 4) is 12.3 Å². The molecule has 1 unspecified atom stereocenters. The van der Waals surface area contributed by atoms with Crippen molar-refractivity contribution < 1.29 is 9.53 Å². The van der Waals surface area contributed by atoms with Gasteiger partial charge >= 0.3 is 6.09 Å². The van der Waals surface area contributed by atoms with Gasteiger partial charge in [0.1, 0.15) is 5.60 Å². The van der Waals surface area contributed by atoms with Gasteiger partial charge in [-0.2, -0.15) is 0 Å². The molecule has 1 aliphatic heterocycles. The third-order valence-electron chi connectivity index (χ3n) is 2.57. The third kappa shape index (κ3) is 3.77. The fraction of sp³-hybridized carbons (Fsp3) is 0.769. The molecule has 3 nitrogen and oxygen atoms in total. The van der Waals surface area contributed by atoms with Gasteiger partial charge in [0.2, 0.25) is 0 Å². The highest BCUT2D eigenvalue weighted by Crippen LogP contribution is 2.19. The minimum absolute atomic E-state index is 0.0997. The summed E-state index contributed by atoms with van der Waals surface area (Å²) in [5.41, 5.74) is -0.456. The average molecular weight is 223 g/mol. The largest absolute Gasteiger partial charge is 0.444 e. The second kappa shape index (κ2) is 5.25. The Morgan fingerprint density at radius 2 is 2.06 bits per heavy atom. The molecule has 0 spiro atoms. The molecule has 16 heavy (non-hydrogen) atoms. The van der Waals surface area contributed by atoms with Gasteiger partial charge in [0.05, 0.1) is 6.04 Å². The zero-order chi connectivity index (χ0) is 12.2. The van der Waals surface area contributed by atoms with E-state index in [0.29, 0.717) is 6.54 Å². The number of carbonyl (C=O) groups is 1. The molecule has 0 saturated carbocycles. The molecule has 0 N–H and O–H groups in total. The Morgan fingerprint density at radius 1 is 1.38 bits per heavy atom. The number of ether oxygens (including phenoxy) is 1. The first-order chi connectivity index (χ1) is 7.44. The maximum Gasteiger partial charge on any atom is 0.411 e. The van der Waals surface area contributed by atoms with Gasteiger partial charge in [0.15, 0.2) is 0 Å². The third-order valence-corrected chi connectivity index (χ3v) is 2.57. The van der Waals surface area contributed by atoms with E-state index in [0.717, 1.165) is 25.7 Å². The fourth-order valence-corrected chi connectivity index (χ4v) is 1.82. The van der Waals surface area contributed by atoms with Crippen LogP contribution in [-0.2, 0) is 4.74 Å². The Bertz CT molecular complexity index is 285. The van der Waals surface area contributed by atoms with E-state index in [2.05, 4.69) is 5.92 Å². The number of amides is 1. The molecule has 1 aliphatic rings. The molecule has 0 radical (unpaired) electrons. The summed E-state index contributed by atoms with van der Waals surface area (Å²) in [5.74, 6) is 2.69. The van der Waals surface area contributed by atoms with Crippen molar-refractivity contribution in [2.75, 3.05) is 6.54 Å². The molecule has 1 atom stereocenters. The van der Waals surface area contributed by atoms with Crippen molar-refractivity contribution in [1.82, 2.24) is 4.90 Å². The molecule has 1 saturated heterocycles. The van der Waals surface area contributed by atoms with Gasteiger partial charge < -0.3 is 4.74 Å². The highest BCUT2D eigenvalue weighted by molar-refractivity contribution is 5.69. The van der Waals surface area contributed by atoms with Crippen molar-refractivity contribution >= 4 is 6.09 Å². The molecule has 0 aromatic heterocycles. The Hall–Kier alpha value is -1.17. The van der Waals surface area contributed by atoms with Crippen LogP contribution in [0.5, 0.6) is 0 Å². The number of nitrogens with zero attached hydrogens (tertiary/aromatic N) is 1. The van der Waals surface area contributed by atoms with E-state index in [-0.39, 0.29) is 12.1 Å². The Morgan fingerprint density at radius 3 is 2.62 bits per heavy atom. The Kier molecular flexibility index (Phi) is 4.23. The molecule has 0 aliphatic carbocycles. The second-order valence-electron chi connectivity index (χ2n) is 5.21. The van der Waals surface area contributed by atoms with Gasteiger partial charge in [0.25, 0.3) is 0 Å². The van der Waals surface area contributed by atoms with Crippen molar-refractivity contribution in [1.29, 1.82) is 0 Å². The first kappa shape index (κ1) is 12.9. The monoisotopic (exact) mass is 223 g/mol. The van der Waals surface area contributed by atoms with Gasteiger partial charge in [-0.25, -0.2) is 4.79 Å². The van der Waals surface area contributed by atoms with E-state index in [4.69, 9.17) is 11.2 Å². The van der Waals surface area contributed by atoms with E-state index in [1.807, 2.05) is 20.8 Å². The summed E-state index contributed by atoms with van der Waals surface area (Å²) >= 11 is 0. The van der Waals surface area contributed by atoms with Crippen LogP contribution >= 0.6 is 0 Å². The molecule has 0 bridgehead atoms. The zero-order valence-electron chi connectivity index (χ0n) is 10.5. The highest BCUT2D eigenvalue weighted by Gasteiger charge is 2.28. The molecule has 3 heteroatoms. The van der Waals surface area contributed by atoms with Crippen LogP contribution in [0.15, 0.2) is 0 Å². The van der Waals surface area contributed by atoms with Crippen LogP contribution in [0, 0.1) is 12.3 Å². The Balaban J connectivity index is 2.67. The summed E-state index contributed by atoms with van der Waals surface area (Å²) in [6, 6.07) is -0.0997. The predicted octanol–water partition coefficient (Wildman–Crippen LogP) is 2.80. The average Bonchev–Trinajstić information content (AvgIpc) is 2.39. The number of terminal acetylenes is 1. The summed E-state index contributed by atoms with van der Waals surface area (Å²) in [6.07, 6.45) is 9.31. The van der Waals surface area contributed by atoms with Crippen molar-refractivity contribution in [2.45, 2.75) is 58.1 Å². The van der Waals surface area contributed by atoms with Gasteiger partial charge in [-0.15, -0.1) is 6.42 Å². The first-order valence-corrected chi connectivity index (χ1v) is 5.90. The molecule has 1 amide bonds. The quantitative estimate of drug-likeness (QED) is 0.591. The van der Waals surface area contributed by atoms with E-state index in [1.165, 1.54) is 0 Å². The van der Waals surface area contributed by atoms with E-state index in [9.17, 15) is 4.79 Å². The van der Waals surface area contributed by atoms with Crippen LogP contribution in [0.3, 0.4) is 0 Å². The van der Waals surface area contributed by atoms with Gasteiger partial charge in [-0.1, -0.05) is 18.8 Å². The lowest BCUT2D eigenvalue weighted by molar-refractivity contribution is 0.0212. The van der Waals surface area contributed by atoms with Crippen molar-refractivity contribution in [3.05, 3.63) is 0 Å². The summed E-state index contributed by atoms with van der Waals surface area (Å²) in [7, 11) is 0. The lowest BCUT2D eigenvalue weighted by atomic mass is 10.1. The number of rotatable bonds is 0. The standard InChI is InChI=1S/C13H21NO2/c1-5-11-9-7-6-8-10-14(11)12(15)16-13(2,3)4/h1,11H,6-10H2,2-4H3. The molecule has 90 valence electrons. The molecular formula is C13H21NO2. The van der Waals surface area contributed by atoms with Crippen LogP contribution in [0.1, 0.15) is 46.5 Å². The highest BCUT2D eigenvalue weighted by atomic mass is 16.6. The Labute approximate surface area is 98.1 Å². The summed E-state index contributed by atoms with van der Waals surface area (Å²) in [4.78, 5) is 13.6. The van der Waals surface area contributed by atoms with E-state index < -0.39 is 5.60 Å². The first-order valence-electron chi connectivity index (χ1n) is 5.90. The van der Waals surface area contributed by atoms with Crippen LogP contribution in [0.4, 0.5) is 4.79 Å². The molecular weight excluding hydrogens is 202 g/mol. The van der Waals surface area contributed by atoms with Gasteiger partial charge in [-0.3, -0.25) is 4.90 Å². The summed E-state index contributed by atoms with van der Waals surface area (Å²) in [6.45, 7) is 6.32. The maximum absolute atomic E-state index is 11.9. The number of hydrogen-bond acceptors (Lipinski definition) is 2. The lowest BCUT2D eigenvalue weighted by Crippen LogP contribution is -2.42. The van der Waals surface area contributed by atoms with Gasteiger partial charge in [-0.05, 0) is 33.6 Å². The normalized spacial score (nSPS) is 22.1. The lowest BCUT2D eigenvalue weighted by Gasteiger charge is -2.29. The fourth-order valence-electron chi connectivity index (χ4n) is 1.82. The molecule has 1 heterocycles. The second-order valence-corrected chi connectivity index (χ2v) is 5.21. The summed E-state index contributed by atoms with van der Waals surface area (Å²) < 4.78 is 5.36. The minimum atomic E-state index is -0.456. The van der Waals surface area contributed by atoms with Crippen molar-refractivity contribution in [2.24, 2.45) is 0 Å².